The maximum Gasteiger partial charge on any atom is 0.303 e. The van der Waals surface area contributed by atoms with E-state index in [2.05, 4.69) is 19.9 Å². The molecule has 0 aromatic heterocycles. The van der Waals surface area contributed by atoms with Gasteiger partial charge in [0, 0.05) is 25.2 Å². The number of allylic oxidation sites excluding steroid dienone is 2. The lowest BCUT2D eigenvalue weighted by Gasteiger charge is -2.56. The van der Waals surface area contributed by atoms with Gasteiger partial charge < -0.3 is 9.84 Å². The van der Waals surface area contributed by atoms with E-state index < -0.39 is 17.0 Å². The van der Waals surface area contributed by atoms with E-state index >= 15 is 0 Å². The summed E-state index contributed by atoms with van der Waals surface area (Å²) in [6.07, 6.45) is 8.13. The van der Waals surface area contributed by atoms with Crippen molar-refractivity contribution in [1.82, 2.24) is 0 Å². The third-order valence-corrected chi connectivity index (χ3v) is 9.26. The SMILES string of the molecule is CC(=O)OCC(=O)[C@]1(O)[C@H](C)C[C@@H]2[C@@H]3CC[C@@H]4CC(=O)CC[C@]4(C)C3=CC[C@@]21C. The van der Waals surface area contributed by atoms with Crippen molar-refractivity contribution in [3.05, 3.63) is 11.6 Å². The van der Waals surface area contributed by atoms with Gasteiger partial charge >= 0.3 is 5.97 Å². The molecule has 0 aliphatic heterocycles. The maximum absolute atomic E-state index is 13.0. The smallest absolute Gasteiger partial charge is 0.303 e. The quantitative estimate of drug-likeness (QED) is 0.576. The average Bonchev–Trinajstić information content (AvgIpc) is 2.88. The van der Waals surface area contributed by atoms with Crippen LogP contribution in [0.1, 0.15) is 72.6 Å². The lowest BCUT2D eigenvalue weighted by molar-refractivity contribution is -0.167. The Kier molecular flexibility index (Phi) is 4.84. The zero-order chi connectivity index (χ0) is 21.2. The second kappa shape index (κ2) is 6.76. The third kappa shape index (κ3) is 2.79. The number of esters is 1. The van der Waals surface area contributed by atoms with Crippen LogP contribution in [0, 0.1) is 34.5 Å². The molecule has 3 saturated carbocycles. The summed E-state index contributed by atoms with van der Waals surface area (Å²) in [5.41, 5.74) is -0.474. The Bertz CT molecular complexity index is 784. The molecule has 5 nitrogen and oxygen atoms in total. The van der Waals surface area contributed by atoms with Crippen molar-refractivity contribution >= 4 is 17.5 Å². The summed E-state index contributed by atoms with van der Waals surface area (Å²) in [5, 5.41) is 11.7. The number of ketones is 2. The topological polar surface area (TPSA) is 80.7 Å². The Balaban J connectivity index is 1.67. The van der Waals surface area contributed by atoms with Gasteiger partial charge in [-0.15, -0.1) is 0 Å². The number of aliphatic hydroxyl groups is 1. The molecule has 0 aromatic rings. The van der Waals surface area contributed by atoms with Gasteiger partial charge in [-0.1, -0.05) is 32.4 Å². The van der Waals surface area contributed by atoms with Gasteiger partial charge in [-0.3, -0.25) is 14.4 Å². The summed E-state index contributed by atoms with van der Waals surface area (Å²) in [6, 6.07) is 0. The first kappa shape index (κ1) is 20.8. The molecular weight excluding hydrogens is 368 g/mol. The first-order valence-electron chi connectivity index (χ1n) is 11.2. The zero-order valence-corrected chi connectivity index (χ0v) is 18.1. The minimum atomic E-state index is -1.48. The Morgan fingerprint density at radius 2 is 2.00 bits per heavy atom. The highest BCUT2D eigenvalue weighted by atomic mass is 16.5. The van der Waals surface area contributed by atoms with Crippen LogP contribution >= 0.6 is 0 Å². The van der Waals surface area contributed by atoms with Crippen LogP contribution in [0.2, 0.25) is 0 Å². The third-order valence-electron chi connectivity index (χ3n) is 9.26. The molecule has 0 saturated heterocycles. The summed E-state index contributed by atoms with van der Waals surface area (Å²) < 4.78 is 4.96. The fourth-order valence-electron chi connectivity index (χ4n) is 7.53. The van der Waals surface area contributed by atoms with E-state index in [1.807, 2.05) is 6.92 Å². The van der Waals surface area contributed by atoms with Gasteiger partial charge in [0.25, 0.3) is 0 Å². The van der Waals surface area contributed by atoms with E-state index in [4.69, 9.17) is 4.74 Å². The predicted octanol–water partition coefficient (Wildman–Crippen LogP) is 3.63. The predicted molar refractivity (Wildman–Crippen MR) is 108 cm³/mol. The maximum atomic E-state index is 13.0. The monoisotopic (exact) mass is 402 g/mol. The van der Waals surface area contributed by atoms with Crippen LogP contribution in [0.5, 0.6) is 0 Å². The van der Waals surface area contributed by atoms with Crippen LogP contribution < -0.4 is 0 Å². The summed E-state index contributed by atoms with van der Waals surface area (Å²) >= 11 is 0. The molecule has 3 fully saturated rings. The van der Waals surface area contributed by atoms with E-state index in [-0.39, 0.29) is 29.6 Å². The van der Waals surface area contributed by atoms with E-state index in [1.165, 1.54) is 12.5 Å². The van der Waals surface area contributed by atoms with Crippen molar-refractivity contribution in [3.63, 3.8) is 0 Å². The molecule has 4 aliphatic carbocycles. The van der Waals surface area contributed by atoms with Gasteiger partial charge in [-0.2, -0.15) is 0 Å². The number of fused-ring (bicyclic) bond motifs is 5. The largest absolute Gasteiger partial charge is 0.458 e. The fraction of sp³-hybridized carbons (Fsp3) is 0.792. The van der Waals surface area contributed by atoms with E-state index in [9.17, 15) is 19.5 Å². The summed E-state index contributed by atoms with van der Waals surface area (Å²) in [6.45, 7) is 7.27. The molecule has 0 spiro atoms. The number of carbonyl (C=O) groups excluding carboxylic acids is 3. The molecule has 0 unspecified atom stereocenters. The molecule has 0 amide bonds. The van der Waals surface area contributed by atoms with Crippen molar-refractivity contribution in [1.29, 1.82) is 0 Å². The minimum absolute atomic E-state index is 0.0733. The number of ether oxygens (including phenoxy) is 1. The van der Waals surface area contributed by atoms with Crippen LogP contribution in [-0.4, -0.2) is 34.9 Å². The van der Waals surface area contributed by atoms with Crippen LogP contribution in [0.15, 0.2) is 11.6 Å². The summed E-state index contributed by atoms with van der Waals surface area (Å²) in [7, 11) is 0. The Hall–Kier alpha value is -1.49. The molecule has 29 heavy (non-hydrogen) atoms. The van der Waals surface area contributed by atoms with Crippen molar-refractivity contribution in [2.24, 2.45) is 34.5 Å². The van der Waals surface area contributed by atoms with Gasteiger partial charge in [0.05, 0.1) is 0 Å². The molecule has 4 aliphatic rings. The average molecular weight is 403 g/mol. The second-order valence-corrected chi connectivity index (χ2v) is 10.5. The van der Waals surface area contributed by atoms with Gasteiger partial charge in [0.2, 0.25) is 5.78 Å². The van der Waals surface area contributed by atoms with Gasteiger partial charge in [0.15, 0.2) is 6.61 Å². The van der Waals surface area contributed by atoms with Crippen LogP contribution in [-0.2, 0) is 19.1 Å². The number of hydrogen-bond acceptors (Lipinski definition) is 5. The van der Waals surface area contributed by atoms with Crippen molar-refractivity contribution in [2.45, 2.75) is 78.2 Å². The first-order chi connectivity index (χ1) is 13.5. The first-order valence-corrected chi connectivity index (χ1v) is 11.2. The Morgan fingerprint density at radius 1 is 1.28 bits per heavy atom. The molecule has 160 valence electrons. The van der Waals surface area contributed by atoms with Gasteiger partial charge in [0.1, 0.15) is 11.4 Å². The van der Waals surface area contributed by atoms with E-state index in [0.717, 1.165) is 25.7 Å². The lowest BCUT2D eigenvalue weighted by Crippen LogP contribution is -2.58. The standard InChI is InChI=1S/C24H34O5/c1-14-11-20-18-6-5-16-12-17(26)7-9-22(16,3)19(18)8-10-23(20,4)24(14,28)21(27)13-29-15(2)25/h8,14,16,18,20,28H,5-7,9-13H2,1-4H3/t14-,16-,18-,20-,22+,23+,24-/m1/s1. The molecule has 0 heterocycles. The number of carbonyl (C=O) groups is 3. The normalized spacial score (nSPS) is 46.2. The highest BCUT2D eigenvalue weighted by Crippen LogP contribution is 2.67. The zero-order valence-electron chi connectivity index (χ0n) is 18.1. The number of rotatable bonds is 3. The van der Waals surface area contributed by atoms with Crippen LogP contribution in [0.25, 0.3) is 0 Å². The molecule has 0 bridgehead atoms. The van der Waals surface area contributed by atoms with Crippen molar-refractivity contribution < 1.29 is 24.2 Å². The van der Waals surface area contributed by atoms with Crippen molar-refractivity contribution in [3.8, 4) is 0 Å². The Morgan fingerprint density at radius 3 is 2.69 bits per heavy atom. The van der Waals surface area contributed by atoms with E-state index in [1.54, 1.807) is 0 Å². The van der Waals surface area contributed by atoms with Crippen LogP contribution in [0.4, 0.5) is 0 Å². The number of hydrogen-bond donors (Lipinski definition) is 1. The van der Waals surface area contributed by atoms with Crippen LogP contribution in [0.3, 0.4) is 0 Å². The van der Waals surface area contributed by atoms with E-state index in [0.29, 0.717) is 36.9 Å². The number of Topliss-reactive ketones (excluding diaryl/α,β-unsaturated/α-hetero) is 2. The van der Waals surface area contributed by atoms with Crippen molar-refractivity contribution in [2.75, 3.05) is 6.61 Å². The lowest BCUT2D eigenvalue weighted by atomic mass is 9.48. The second-order valence-electron chi connectivity index (χ2n) is 10.5. The summed E-state index contributed by atoms with van der Waals surface area (Å²) in [4.78, 5) is 36.3. The van der Waals surface area contributed by atoms with Gasteiger partial charge in [-0.25, -0.2) is 0 Å². The minimum Gasteiger partial charge on any atom is -0.458 e. The molecular formula is C24H34O5. The Labute approximate surface area is 173 Å². The molecule has 7 atom stereocenters. The highest BCUT2D eigenvalue weighted by Gasteiger charge is 2.67. The van der Waals surface area contributed by atoms with Gasteiger partial charge in [-0.05, 0) is 61.2 Å². The molecule has 4 rings (SSSR count). The fourth-order valence-corrected chi connectivity index (χ4v) is 7.53. The summed E-state index contributed by atoms with van der Waals surface area (Å²) in [5.74, 6) is 0.376. The molecule has 5 heteroatoms. The molecule has 0 radical (unpaired) electrons. The molecule has 1 N–H and O–H groups in total. The highest BCUT2D eigenvalue weighted by molar-refractivity contribution is 5.91. The molecule has 0 aromatic carbocycles.